The number of carbonyl (C=O) groups excluding carboxylic acids is 2. The molecule has 2 N–H and O–H groups in total. The summed E-state index contributed by atoms with van der Waals surface area (Å²) in [4.78, 5) is 25.5. The molecule has 224 valence electrons. The fourth-order valence-electron chi connectivity index (χ4n) is 5.31. The zero-order chi connectivity index (χ0) is 29.8. The van der Waals surface area contributed by atoms with Crippen molar-refractivity contribution in [2.75, 3.05) is 12.4 Å². The maximum atomic E-state index is 14.7. The highest BCUT2D eigenvalue weighted by Gasteiger charge is 2.47. The summed E-state index contributed by atoms with van der Waals surface area (Å²) in [6.45, 7) is 0. The van der Waals surface area contributed by atoms with Crippen LogP contribution in [0.15, 0.2) is 41.3 Å². The number of ether oxygens (including phenoxy) is 2. The first kappa shape index (κ1) is 30.6. The first-order valence-electron chi connectivity index (χ1n) is 13.5. The quantitative estimate of drug-likeness (QED) is 0.373. The van der Waals surface area contributed by atoms with Gasteiger partial charge >= 0.3 is 5.51 Å². The van der Waals surface area contributed by atoms with Crippen molar-refractivity contribution in [2.24, 2.45) is 5.92 Å². The van der Waals surface area contributed by atoms with Gasteiger partial charge in [0.2, 0.25) is 5.91 Å². The Balaban J connectivity index is 1.50. The van der Waals surface area contributed by atoms with Gasteiger partial charge in [-0.1, -0.05) is 25.3 Å². The molecular weight excluding hydrogens is 568 g/mol. The molecule has 2 aromatic rings. The van der Waals surface area contributed by atoms with E-state index in [0.717, 1.165) is 56.4 Å². The first-order valence-corrected chi connectivity index (χ1v) is 15.0. The van der Waals surface area contributed by atoms with Gasteiger partial charge in [-0.25, -0.2) is 12.8 Å². The number of halogens is 4. The number of sulfone groups is 1. The van der Waals surface area contributed by atoms with Crippen LogP contribution in [0, 0.1) is 11.7 Å². The summed E-state index contributed by atoms with van der Waals surface area (Å²) in [6, 6.07) is 5.65. The van der Waals surface area contributed by atoms with Gasteiger partial charge in [-0.15, -0.1) is 0 Å². The van der Waals surface area contributed by atoms with Crippen LogP contribution in [0.1, 0.15) is 68.1 Å². The van der Waals surface area contributed by atoms with Gasteiger partial charge in [-0.05, 0) is 62.8 Å². The van der Waals surface area contributed by atoms with Crippen LogP contribution in [0.3, 0.4) is 0 Å². The van der Waals surface area contributed by atoms with Gasteiger partial charge in [-0.3, -0.25) is 9.59 Å². The number of hydrogen-bond donors (Lipinski definition) is 2. The van der Waals surface area contributed by atoms with Crippen molar-refractivity contribution >= 4 is 27.3 Å². The molecule has 0 spiro atoms. The standard InChI is InChI=1S/C28H32F4N2O6S/c1-39-24-16-22(29)25(40-18-9-3-2-4-10-18)15-21(24)27(36)34-23-13-6-5-12-20(23)26(35)33-17-8-7-11-19(14-17)41(37,38)28(30,31)32/h7-8,11,14-16,18,20,23H,2-6,9-10,12-13H2,1H3,(H,33,35)(H,34,36). The predicted octanol–water partition coefficient (Wildman–Crippen LogP) is 5.77. The third-order valence-electron chi connectivity index (χ3n) is 7.48. The number of nitrogens with one attached hydrogen (secondary N) is 2. The topological polar surface area (TPSA) is 111 Å². The van der Waals surface area contributed by atoms with Gasteiger partial charge in [0.15, 0.2) is 11.6 Å². The Kier molecular flexibility index (Phi) is 9.45. The lowest BCUT2D eigenvalue weighted by Crippen LogP contribution is -2.46. The highest BCUT2D eigenvalue weighted by Crippen LogP contribution is 2.34. The van der Waals surface area contributed by atoms with Crippen molar-refractivity contribution in [3.05, 3.63) is 47.8 Å². The average Bonchev–Trinajstić information content (AvgIpc) is 2.94. The number of amides is 2. The van der Waals surface area contributed by atoms with E-state index in [-0.39, 0.29) is 28.9 Å². The highest BCUT2D eigenvalue weighted by atomic mass is 32.2. The summed E-state index contributed by atoms with van der Waals surface area (Å²) >= 11 is 0. The van der Waals surface area contributed by atoms with E-state index in [1.54, 1.807) is 0 Å². The van der Waals surface area contributed by atoms with Gasteiger partial charge in [0.05, 0.1) is 29.6 Å². The lowest BCUT2D eigenvalue weighted by Gasteiger charge is -2.31. The first-order chi connectivity index (χ1) is 19.4. The van der Waals surface area contributed by atoms with E-state index in [0.29, 0.717) is 25.7 Å². The van der Waals surface area contributed by atoms with Crippen LogP contribution in [-0.2, 0) is 14.6 Å². The molecular formula is C28H32F4N2O6S. The van der Waals surface area contributed by atoms with E-state index in [9.17, 15) is 35.6 Å². The van der Waals surface area contributed by atoms with Crippen molar-refractivity contribution in [3.8, 4) is 11.5 Å². The molecule has 0 radical (unpaired) electrons. The molecule has 2 aromatic carbocycles. The van der Waals surface area contributed by atoms with Crippen molar-refractivity contribution < 1.29 is 45.0 Å². The SMILES string of the molecule is COc1cc(F)c(OC2CCCCC2)cc1C(=O)NC1CCCCC1C(=O)Nc1cccc(S(=O)(=O)C(F)(F)F)c1. The molecule has 0 bridgehead atoms. The second kappa shape index (κ2) is 12.7. The molecule has 4 rings (SSSR count). The molecule has 2 unspecified atom stereocenters. The number of benzene rings is 2. The summed E-state index contributed by atoms with van der Waals surface area (Å²) in [6.07, 6.45) is 6.68. The Labute approximate surface area is 235 Å². The van der Waals surface area contributed by atoms with E-state index in [2.05, 4.69) is 10.6 Å². The number of methoxy groups -OCH3 is 1. The second-order valence-corrected chi connectivity index (χ2v) is 12.2. The number of rotatable bonds is 8. The maximum Gasteiger partial charge on any atom is 0.501 e. The van der Waals surface area contributed by atoms with Crippen LogP contribution in [0.4, 0.5) is 23.2 Å². The third kappa shape index (κ3) is 7.11. The average molecular weight is 601 g/mol. The monoisotopic (exact) mass is 600 g/mol. The summed E-state index contributed by atoms with van der Waals surface area (Å²) in [5.41, 5.74) is -5.58. The predicted molar refractivity (Wildman–Crippen MR) is 142 cm³/mol. The van der Waals surface area contributed by atoms with Crippen molar-refractivity contribution in [3.63, 3.8) is 0 Å². The lowest BCUT2D eigenvalue weighted by atomic mass is 9.83. The number of carbonyl (C=O) groups is 2. The van der Waals surface area contributed by atoms with Crippen molar-refractivity contribution in [1.82, 2.24) is 5.32 Å². The molecule has 2 aliphatic rings. The fraction of sp³-hybridized carbons (Fsp3) is 0.500. The molecule has 2 atom stereocenters. The summed E-state index contributed by atoms with van der Waals surface area (Å²) in [5, 5.41) is 5.32. The number of alkyl halides is 3. The number of anilines is 1. The molecule has 0 aromatic heterocycles. The highest BCUT2D eigenvalue weighted by molar-refractivity contribution is 7.92. The second-order valence-electron chi connectivity index (χ2n) is 10.3. The Morgan fingerprint density at radius 1 is 0.927 bits per heavy atom. The maximum absolute atomic E-state index is 14.7. The largest absolute Gasteiger partial charge is 0.501 e. The minimum atomic E-state index is -5.60. The Morgan fingerprint density at radius 3 is 2.29 bits per heavy atom. The van der Waals surface area contributed by atoms with Crippen molar-refractivity contribution in [2.45, 2.75) is 80.3 Å². The van der Waals surface area contributed by atoms with Crippen LogP contribution in [0.2, 0.25) is 0 Å². The van der Waals surface area contributed by atoms with Crippen LogP contribution >= 0.6 is 0 Å². The summed E-state index contributed by atoms with van der Waals surface area (Å²) < 4.78 is 88.3. The van der Waals surface area contributed by atoms with Crippen LogP contribution in [-0.4, -0.2) is 45.0 Å². The minimum absolute atomic E-state index is 0.00417. The Bertz CT molecular complexity index is 1380. The molecule has 41 heavy (non-hydrogen) atoms. The zero-order valence-corrected chi connectivity index (χ0v) is 23.2. The zero-order valence-electron chi connectivity index (χ0n) is 22.4. The molecule has 8 nitrogen and oxygen atoms in total. The van der Waals surface area contributed by atoms with E-state index < -0.39 is 49.8 Å². The van der Waals surface area contributed by atoms with Crippen molar-refractivity contribution in [1.29, 1.82) is 0 Å². The smallest absolute Gasteiger partial charge is 0.496 e. The molecule has 0 heterocycles. The van der Waals surface area contributed by atoms with Crippen LogP contribution in [0.25, 0.3) is 0 Å². The Morgan fingerprint density at radius 2 is 1.61 bits per heavy atom. The molecule has 2 saturated carbocycles. The molecule has 2 aliphatic carbocycles. The van der Waals surface area contributed by atoms with Crippen LogP contribution in [0.5, 0.6) is 11.5 Å². The summed E-state index contributed by atoms with van der Waals surface area (Å²) in [5.74, 6) is -2.65. The van der Waals surface area contributed by atoms with Crippen LogP contribution < -0.4 is 20.1 Å². The van der Waals surface area contributed by atoms with Gasteiger partial charge in [-0.2, -0.15) is 13.2 Å². The van der Waals surface area contributed by atoms with E-state index in [4.69, 9.17) is 9.47 Å². The molecule has 0 saturated heterocycles. The van der Waals surface area contributed by atoms with Gasteiger partial charge in [0.1, 0.15) is 5.75 Å². The molecule has 0 aliphatic heterocycles. The van der Waals surface area contributed by atoms with Gasteiger partial charge < -0.3 is 20.1 Å². The lowest BCUT2D eigenvalue weighted by molar-refractivity contribution is -0.121. The third-order valence-corrected chi connectivity index (χ3v) is 8.96. The number of hydrogen-bond acceptors (Lipinski definition) is 6. The molecule has 2 amide bonds. The van der Waals surface area contributed by atoms with E-state index in [1.807, 2.05) is 0 Å². The molecule has 2 fully saturated rings. The fourth-order valence-corrected chi connectivity index (χ4v) is 6.11. The van der Waals surface area contributed by atoms with Gasteiger partial charge in [0.25, 0.3) is 15.7 Å². The molecule has 13 heteroatoms. The Hall–Kier alpha value is -3.35. The minimum Gasteiger partial charge on any atom is -0.496 e. The van der Waals surface area contributed by atoms with E-state index >= 15 is 0 Å². The normalized spacial score (nSPS) is 20.2. The van der Waals surface area contributed by atoms with Gasteiger partial charge in [0, 0.05) is 17.8 Å². The summed E-state index contributed by atoms with van der Waals surface area (Å²) in [7, 11) is -4.29. The van der Waals surface area contributed by atoms with E-state index in [1.165, 1.54) is 19.2 Å².